The van der Waals surface area contributed by atoms with Gasteiger partial charge in [-0.3, -0.25) is 4.79 Å². The number of ether oxygens (including phenoxy) is 1. The Hall–Kier alpha value is -1.72. The minimum absolute atomic E-state index is 0.000738. The summed E-state index contributed by atoms with van der Waals surface area (Å²) in [6, 6.07) is 7.47. The Balaban J connectivity index is 2.10. The highest BCUT2D eigenvalue weighted by Gasteiger charge is 2.11. The summed E-state index contributed by atoms with van der Waals surface area (Å²) in [6.45, 7) is 0.372. The van der Waals surface area contributed by atoms with Crippen LogP contribution in [0, 0.1) is 0 Å². The average Bonchev–Trinajstić information content (AvgIpc) is 2.88. The SMILES string of the molecule is COc1cccc(CC(=O)c2csc(CN)n2)c1. The number of aromatic nitrogens is 1. The summed E-state index contributed by atoms with van der Waals surface area (Å²) >= 11 is 1.41. The molecule has 2 rings (SSSR count). The quantitative estimate of drug-likeness (QED) is 0.837. The Morgan fingerprint density at radius 3 is 3.00 bits per heavy atom. The molecule has 1 aromatic heterocycles. The average molecular weight is 262 g/mol. The zero-order chi connectivity index (χ0) is 13.0. The van der Waals surface area contributed by atoms with Crippen molar-refractivity contribution < 1.29 is 9.53 Å². The van der Waals surface area contributed by atoms with Crippen molar-refractivity contribution in [2.45, 2.75) is 13.0 Å². The third kappa shape index (κ3) is 2.94. The summed E-state index contributed by atoms with van der Waals surface area (Å²) in [5.41, 5.74) is 6.88. The van der Waals surface area contributed by atoms with E-state index in [1.807, 2.05) is 24.3 Å². The molecule has 0 aliphatic carbocycles. The fourth-order valence-electron chi connectivity index (χ4n) is 1.59. The number of methoxy groups -OCH3 is 1. The number of hydrogen-bond donors (Lipinski definition) is 1. The van der Waals surface area contributed by atoms with Crippen molar-refractivity contribution in [1.82, 2.24) is 4.98 Å². The van der Waals surface area contributed by atoms with E-state index in [0.29, 0.717) is 18.7 Å². The summed E-state index contributed by atoms with van der Waals surface area (Å²) < 4.78 is 5.12. The van der Waals surface area contributed by atoms with E-state index < -0.39 is 0 Å². The van der Waals surface area contributed by atoms with Crippen LogP contribution < -0.4 is 10.5 Å². The number of carbonyl (C=O) groups excluding carboxylic acids is 1. The lowest BCUT2D eigenvalue weighted by molar-refractivity contribution is 0.0988. The molecular weight excluding hydrogens is 248 g/mol. The fraction of sp³-hybridized carbons (Fsp3) is 0.231. The summed E-state index contributed by atoms with van der Waals surface area (Å²) in [5, 5.41) is 2.54. The minimum Gasteiger partial charge on any atom is -0.497 e. The number of Topliss-reactive ketones (excluding diaryl/α,β-unsaturated/α-hetero) is 1. The number of benzene rings is 1. The number of ketones is 1. The van der Waals surface area contributed by atoms with Crippen molar-refractivity contribution in [2.75, 3.05) is 7.11 Å². The summed E-state index contributed by atoms with van der Waals surface area (Å²) in [4.78, 5) is 16.2. The van der Waals surface area contributed by atoms with Crippen LogP contribution in [0.1, 0.15) is 21.1 Å². The molecular formula is C13H14N2O2S. The van der Waals surface area contributed by atoms with Gasteiger partial charge in [-0.1, -0.05) is 12.1 Å². The van der Waals surface area contributed by atoms with Gasteiger partial charge < -0.3 is 10.5 Å². The second kappa shape index (κ2) is 5.75. The first kappa shape index (κ1) is 12.7. The second-order valence-corrected chi connectivity index (χ2v) is 4.72. The van der Waals surface area contributed by atoms with Crippen LogP contribution >= 0.6 is 11.3 Å². The molecule has 0 amide bonds. The molecule has 94 valence electrons. The maximum Gasteiger partial charge on any atom is 0.186 e. The largest absolute Gasteiger partial charge is 0.497 e. The summed E-state index contributed by atoms with van der Waals surface area (Å²) in [5.74, 6) is 0.750. The van der Waals surface area contributed by atoms with E-state index in [2.05, 4.69) is 4.98 Å². The number of nitrogens with zero attached hydrogens (tertiary/aromatic N) is 1. The van der Waals surface area contributed by atoms with Gasteiger partial charge in [0.05, 0.1) is 7.11 Å². The predicted octanol–water partition coefficient (Wildman–Crippen LogP) is 2.04. The topological polar surface area (TPSA) is 65.2 Å². The van der Waals surface area contributed by atoms with Gasteiger partial charge in [0.25, 0.3) is 0 Å². The van der Waals surface area contributed by atoms with Crippen LogP contribution in [0.25, 0.3) is 0 Å². The molecule has 0 fully saturated rings. The molecule has 1 aromatic carbocycles. The highest BCUT2D eigenvalue weighted by Crippen LogP contribution is 2.16. The van der Waals surface area contributed by atoms with Crippen LogP contribution in [0.4, 0.5) is 0 Å². The summed E-state index contributed by atoms with van der Waals surface area (Å²) in [6.07, 6.45) is 0.324. The van der Waals surface area contributed by atoms with Gasteiger partial charge >= 0.3 is 0 Å². The van der Waals surface area contributed by atoms with Crippen molar-refractivity contribution in [3.05, 3.63) is 45.9 Å². The van der Waals surface area contributed by atoms with Crippen molar-refractivity contribution in [2.24, 2.45) is 5.73 Å². The lowest BCUT2D eigenvalue weighted by Crippen LogP contribution is -2.05. The monoisotopic (exact) mass is 262 g/mol. The number of carbonyl (C=O) groups is 1. The van der Waals surface area contributed by atoms with Gasteiger partial charge in [0.2, 0.25) is 0 Å². The molecule has 2 aromatic rings. The van der Waals surface area contributed by atoms with E-state index in [1.165, 1.54) is 11.3 Å². The first-order valence-corrected chi connectivity index (χ1v) is 6.41. The van der Waals surface area contributed by atoms with E-state index in [0.717, 1.165) is 16.3 Å². The van der Waals surface area contributed by atoms with E-state index in [4.69, 9.17) is 10.5 Å². The second-order valence-electron chi connectivity index (χ2n) is 3.78. The lowest BCUT2D eigenvalue weighted by Gasteiger charge is -2.02. The lowest BCUT2D eigenvalue weighted by atomic mass is 10.1. The molecule has 0 saturated heterocycles. The molecule has 0 spiro atoms. The Morgan fingerprint density at radius 1 is 1.50 bits per heavy atom. The van der Waals surface area contributed by atoms with Gasteiger partial charge in [0, 0.05) is 18.3 Å². The first-order chi connectivity index (χ1) is 8.72. The van der Waals surface area contributed by atoms with Crippen molar-refractivity contribution >= 4 is 17.1 Å². The maximum absolute atomic E-state index is 12.0. The molecule has 0 bridgehead atoms. The smallest absolute Gasteiger partial charge is 0.186 e. The molecule has 0 atom stereocenters. The Labute approximate surface area is 109 Å². The summed E-state index contributed by atoms with van der Waals surface area (Å²) in [7, 11) is 1.61. The highest BCUT2D eigenvalue weighted by molar-refractivity contribution is 7.09. The molecule has 0 aliphatic rings. The number of thiazole rings is 1. The molecule has 18 heavy (non-hydrogen) atoms. The van der Waals surface area contributed by atoms with Gasteiger partial charge in [-0.15, -0.1) is 11.3 Å². The van der Waals surface area contributed by atoms with E-state index in [-0.39, 0.29) is 5.78 Å². The van der Waals surface area contributed by atoms with Crippen LogP contribution in [-0.4, -0.2) is 17.9 Å². The van der Waals surface area contributed by atoms with Gasteiger partial charge in [0.15, 0.2) is 5.78 Å². The molecule has 1 heterocycles. The Kier molecular flexibility index (Phi) is 4.07. The Morgan fingerprint density at radius 2 is 2.33 bits per heavy atom. The molecule has 2 N–H and O–H groups in total. The first-order valence-electron chi connectivity index (χ1n) is 5.53. The zero-order valence-corrected chi connectivity index (χ0v) is 10.9. The molecule has 0 unspecified atom stereocenters. The van der Waals surface area contributed by atoms with Crippen LogP contribution in [-0.2, 0) is 13.0 Å². The zero-order valence-electron chi connectivity index (χ0n) is 10.1. The molecule has 4 nitrogen and oxygen atoms in total. The predicted molar refractivity (Wildman–Crippen MR) is 71.0 cm³/mol. The molecule has 5 heteroatoms. The number of hydrogen-bond acceptors (Lipinski definition) is 5. The van der Waals surface area contributed by atoms with Gasteiger partial charge in [-0.25, -0.2) is 4.98 Å². The Bertz CT molecular complexity index is 551. The third-order valence-electron chi connectivity index (χ3n) is 2.51. The van der Waals surface area contributed by atoms with Gasteiger partial charge in [-0.2, -0.15) is 0 Å². The van der Waals surface area contributed by atoms with Crippen LogP contribution in [0.3, 0.4) is 0 Å². The van der Waals surface area contributed by atoms with Gasteiger partial charge in [0.1, 0.15) is 16.5 Å². The fourth-order valence-corrected chi connectivity index (χ4v) is 2.27. The van der Waals surface area contributed by atoms with Crippen LogP contribution in [0.2, 0.25) is 0 Å². The molecule has 0 aliphatic heterocycles. The third-order valence-corrected chi connectivity index (χ3v) is 3.38. The van der Waals surface area contributed by atoms with Crippen LogP contribution in [0.15, 0.2) is 29.6 Å². The minimum atomic E-state index is -0.000738. The van der Waals surface area contributed by atoms with E-state index in [1.54, 1.807) is 12.5 Å². The van der Waals surface area contributed by atoms with Gasteiger partial charge in [-0.05, 0) is 17.7 Å². The number of nitrogens with two attached hydrogens (primary N) is 1. The van der Waals surface area contributed by atoms with Crippen molar-refractivity contribution in [1.29, 1.82) is 0 Å². The van der Waals surface area contributed by atoms with Crippen LogP contribution in [0.5, 0.6) is 5.75 Å². The number of rotatable bonds is 5. The highest BCUT2D eigenvalue weighted by atomic mass is 32.1. The van der Waals surface area contributed by atoms with Crippen molar-refractivity contribution in [3.63, 3.8) is 0 Å². The molecule has 0 saturated carbocycles. The normalized spacial score (nSPS) is 10.3. The molecule has 0 radical (unpaired) electrons. The van der Waals surface area contributed by atoms with Crippen molar-refractivity contribution in [3.8, 4) is 5.75 Å². The maximum atomic E-state index is 12.0. The van der Waals surface area contributed by atoms with E-state index >= 15 is 0 Å². The van der Waals surface area contributed by atoms with E-state index in [9.17, 15) is 4.79 Å². The standard InChI is InChI=1S/C13H14N2O2S/c1-17-10-4-2-3-9(5-10)6-12(16)11-8-18-13(7-14)15-11/h2-5,8H,6-7,14H2,1H3.